The molecule has 2 heterocycles. The number of hydrogen-bond acceptors (Lipinski definition) is 3. The van der Waals surface area contributed by atoms with Crippen LogP contribution in [0.15, 0.2) is 35.5 Å². The lowest BCUT2D eigenvalue weighted by Gasteiger charge is -2.04. The smallest absolute Gasteiger partial charge is 0.251 e. The minimum absolute atomic E-state index is 0.0639. The summed E-state index contributed by atoms with van der Waals surface area (Å²) >= 11 is 0. The van der Waals surface area contributed by atoms with Gasteiger partial charge in [0.05, 0.1) is 0 Å². The monoisotopic (exact) mass is 242 g/mol. The Bertz CT molecular complexity index is 644. The fourth-order valence-electron chi connectivity index (χ4n) is 1.84. The fourth-order valence-corrected chi connectivity index (χ4v) is 1.84. The van der Waals surface area contributed by atoms with Crippen LogP contribution in [0.5, 0.6) is 0 Å². The highest BCUT2D eigenvalue weighted by atomic mass is 16.1. The number of ketones is 1. The van der Waals surface area contributed by atoms with E-state index in [4.69, 9.17) is 0 Å². The van der Waals surface area contributed by atoms with Crippen molar-refractivity contribution in [3.05, 3.63) is 63.3 Å². The molecule has 18 heavy (non-hydrogen) atoms. The number of rotatable bonds is 3. The molecule has 0 amide bonds. The minimum atomic E-state index is -0.208. The highest BCUT2D eigenvalue weighted by Crippen LogP contribution is 2.09. The molecule has 0 unspecified atom stereocenters. The van der Waals surface area contributed by atoms with Crippen LogP contribution in [0.3, 0.4) is 0 Å². The van der Waals surface area contributed by atoms with Gasteiger partial charge in [0.2, 0.25) is 0 Å². The molecule has 0 aliphatic rings. The van der Waals surface area contributed by atoms with Gasteiger partial charge in [-0.3, -0.25) is 14.6 Å². The molecule has 0 aromatic carbocycles. The van der Waals surface area contributed by atoms with E-state index in [1.165, 1.54) is 0 Å². The first-order valence-corrected chi connectivity index (χ1v) is 5.70. The number of Topliss-reactive ketones (excluding diaryl/α,β-unsaturated/α-hetero) is 1. The number of aryl methyl sites for hydroxylation is 2. The minimum Gasteiger partial charge on any atom is -0.329 e. The van der Waals surface area contributed by atoms with Crippen LogP contribution in [-0.4, -0.2) is 15.8 Å². The summed E-state index contributed by atoms with van der Waals surface area (Å²) in [6, 6.07) is 3.43. The second kappa shape index (κ2) is 4.96. The van der Waals surface area contributed by atoms with Gasteiger partial charge in [0.1, 0.15) is 0 Å². The van der Waals surface area contributed by atoms with Crippen molar-refractivity contribution in [2.45, 2.75) is 20.3 Å². The molecule has 4 nitrogen and oxygen atoms in total. The Morgan fingerprint density at radius 1 is 1.39 bits per heavy atom. The quantitative estimate of drug-likeness (QED) is 0.835. The molecule has 0 bridgehead atoms. The summed E-state index contributed by atoms with van der Waals surface area (Å²) in [5, 5.41) is 0. The average molecular weight is 242 g/mol. The van der Waals surface area contributed by atoms with Gasteiger partial charge in [0, 0.05) is 36.1 Å². The Labute approximate surface area is 105 Å². The molecule has 1 N–H and O–H groups in total. The average Bonchev–Trinajstić information content (AvgIpc) is 2.34. The summed E-state index contributed by atoms with van der Waals surface area (Å²) < 4.78 is 0. The van der Waals surface area contributed by atoms with Crippen molar-refractivity contribution in [1.82, 2.24) is 9.97 Å². The summed E-state index contributed by atoms with van der Waals surface area (Å²) in [6.45, 7) is 3.71. The lowest BCUT2D eigenvalue weighted by atomic mass is 10.0. The van der Waals surface area contributed by atoms with Crippen molar-refractivity contribution in [1.29, 1.82) is 0 Å². The van der Waals surface area contributed by atoms with Gasteiger partial charge in [-0.1, -0.05) is 0 Å². The van der Waals surface area contributed by atoms with Gasteiger partial charge in [0.15, 0.2) is 5.78 Å². The number of hydrogen-bond donors (Lipinski definition) is 1. The number of nitrogens with one attached hydrogen (secondary N) is 1. The standard InChI is InChI=1S/C14H14N2O2/c1-9-5-11(14(18)16-7-9)6-13(17)12-3-4-15-8-10(12)2/h3-5,7-8H,6H2,1-2H3,(H,16,18). The summed E-state index contributed by atoms with van der Waals surface area (Å²) in [5.74, 6) is -0.0639. The number of aromatic amines is 1. The first kappa shape index (κ1) is 12.2. The molecule has 4 heteroatoms. The van der Waals surface area contributed by atoms with Gasteiger partial charge in [-0.25, -0.2) is 0 Å². The molecule has 2 rings (SSSR count). The van der Waals surface area contributed by atoms with Crippen LogP contribution in [0.1, 0.15) is 27.0 Å². The van der Waals surface area contributed by atoms with E-state index in [-0.39, 0.29) is 17.8 Å². The third kappa shape index (κ3) is 2.53. The molecule has 0 fully saturated rings. The Hall–Kier alpha value is -2.23. The zero-order chi connectivity index (χ0) is 13.1. The van der Waals surface area contributed by atoms with Crippen molar-refractivity contribution < 1.29 is 4.79 Å². The van der Waals surface area contributed by atoms with Crippen LogP contribution in [-0.2, 0) is 6.42 Å². The number of aromatic nitrogens is 2. The van der Waals surface area contributed by atoms with E-state index in [0.29, 0.717) is 11.1 Å². The van der Waals surface area contributed by atoms with Gasteiger partial charge in [0.25, 0.3) is 5.56 Å². The van der Waals surface area contributed by atoms with Crippen LogP contribution in [0.4, 0.5) is 0 Å². The number of carbonyl (C=O) groups is 1. The summed E-state index contributed by atoms with van der Waals surface area (Å²) in [4.78, 5) is 30.3. The highest BCUT2D eigenvalue weighted by molar-refractivity contribution is 5.98. The SMILES string of the molecule is Cc1c[nH]c(=O)c(CC(=O)c2ccncc2C)c1. The third-order valence-corrected chi connectivity index (χ3v) is 2.80. The number of pyridine rings is 2. The normalized spacial score (nSPS) is 10.3. The second-order valence-corrected chi connectivity index (χ2v) is 4.32. The molecular weight excluding hydrogens is 228 g/mol. The lowest BCUT2D eigenvalue weighted by molar-refractivity contribution is 0.0992. The van der Waals surface area contributed by atoms with Crippen molar-refractivity contribution >= 4 is 5.78 Å². The van der Waals surface area contributed by atoms with E-state index in [0.717, 1.165) is 11.1 Å². The predicted octanol–water partition coefficient (Wildman–Crippen LogP) is 1.81. The van der Waals surface area contributed by atoms with Gasteiger partial charge in [-0.05, 0) is 37.1 Å². The lowest BCUT2D eigenvalue weighted by Crippen LogP contribution is -2.17. The number of H-pyrrole nitrogens is 1. The largest absolute Gasteiger partial charge is 0.329 e. The molecule has 2 aromatic rings. The van der Waals surface area contributed by atoms with E-state index in [1.807, 2.05) is 13.8 Å². The summed E-state index contributed by atoms with van der Waals surface area (Å²) in [7, 11) is 0. The third-order valence-electron chi connectivity index (χ3n) is 2.80. The number of carbonyl (C=O) groups excluding carboxylic acids is 1. The van der Waals surface area contributed by atoms with E-state index in [2.05, 4.69) is 9.97 Å². The molecule has 92 valence electrons. The zero-order valence-electron chi connectivity index (χ0n) is 10.4. The predicted molar refractivity (Wildman–Crippen MR) is 68.8 cm³/mol. The van der Waals surface area contributed by atoms with E-state index < -0.39 is 0 Å². The molecular formula is C14H14N2O2. The van der Waals surface area contributed by atoms with Crippen molar-refractivity contribution in [3.8, 4) is 0 Å². The maximum absolute atomic E-state index is 12.1. The van der Waals surface area contributed by atoms with E-state index in [9.17, 15) is 9.59 Å². The van der Waals surface area contributed by atoms with Gasteiger partial charge in [-0.15, -0.1) is 0 Å². The Balaban J connectivity index is 2.30. The molecule has 0 saturated heterocycles. The molecule has 0 aliphatic carbocycles. The topological polar surface area (TPSA) is 62.8 Å². The fraction of sp³-hybridized carbons (Fsp3) is 0.214. The summed E-state index contributed by atoms with van der Waals surface area (Å²) in [5.41, 5.74) is 2.67. The maximum atomic E-state index is 12.1. The molecule has 0 spiro atoms. The van der Waals surface area contributed by atoms with E-state index in [1.54, 1.807) is 30.7 Å². The highest BCUT2D eigenvalue weighted by Gasteiger charge is 2.11. The van der Waals surface area contributed by atoms with Gasteiger partial charge < -0.3 is 4.98 Å². The Kier molecular flexibility index (Phi) is 3.37. The van der Waals surface area contributed by atoms with Crippen LogP contribution in [0.25, 0.3) is 0 Å². The molecule has 0 radical (unpaired) electrons. The van der Waals surface area contributed by atoms with Crippen LogP contribution in [0.2, 0.25) is 0 Å². The molecule has 0 atom stereocenters. The Morgan fingerprint density at radius 3 is 2.89 bits per heavy atom. The maximum Gasteiger partial charge on any atom is 0.251 e. The van der Waals surface area contributed by atoms with Crippen LogP contribution >= 0.6 is 0 Å². The van der Waals surface area contributed by atoms with Crippen molar-refractivity contribution in [3.63, 3.8) is 0 Å². The zero-order valence-corrected chi connectivity index (χ0v) is 10.4. The first-order valence-electron chi connectivity index (χ1n) is 5.70. The van der Waals surface area contributed by atoms with E-state index >= 15 is 0 Å². The second-order valence-electron chi connectivity index (χ2n) is 4.32. The summed E-state index contributed by atoms with van der Waals surface area (Å²) in [6.07, 6.45) is 4.98. The van der Waals surface area contributed by atoms with Crippen molar-refractivity contribution in [2.24, 2.45) is 0 Å². The molecule has 0 aliphatic heterocycles. The van der Waals surface area contributed by atoms with Crippen LogP contribution < -0.4 is 5.56 Å². The Morgan fingerprint density at radius 2 is 2.17 bits per heavy atom. The first-order chi connectivity index (χ1) is 8.58. The van der Waals surface area contributed by atoms with Gasteiger partial charge >= 0.3 is 0 Å². The van der Waals surface area contributed by atoms with Gasteiger partial charge in [-0.2, -0.15) is 0 Å². The molecule has 0 saturated carbocycles. The van der Waals surface area contributed by atoms with Crippen molar-refractivity contribution in [2.75, 3.05) is 0 Å². The van der Waals surface area contributed by atoms with Crippen LogP contribution in [0, 0.1) is 13.8 Å². The molecule has 2 aromatic heterocycles. The number of nitrogens with zero attached hydrogens (tertiary/aromatic N) is 1.